The third kappa shape index (κ3) is 17.2. The molecular weight excluding hydrogens is 1080 g/mol. The number of aryl methyl sites for hydroxylation is 1. The maximum Gasteiger partial charge on any atom is 0.488 e. The van der Waals surface area contributed by atoms with Crippen LogP contribution in [0.2, 0.25) is 0 Å². The van der Waals surface area contributed by atoms with Gasteiger partial charge in [0.1, 0.15) is 25.3 Å². The Balaban J connectivity index is 0.000000184. The predicted molar refractivity (Wildman–Crippen MR) is 265 cm³/mol. The van der Waals surface area contributed by atoms with Crippen LogP contribution in [0.25, 0.3) is 11.1 Å². The molecule has 0 radical (unpaired) electrons. The van der Waals surface area contributed by atoms with Crippen molar-refractivity contribution >= 4 is 76.3 Å². The molecule has 65 heavy (non-hydrogen) atoms. The van der Waals surface area contributed by atoms with Gasteiger partial charge in [-0.3, -0.25) is 0 Å². The van der Waals surface area contributed by atoms with Crippen molar-refractivity contribution < 1.29 is 10.0 Å². The van der Waals surface area contributed by atoms with Crippen molar-refractivity contribution in [3.05, 3.63) is 217 Å². The van der Waals surface area contributed by atoms with Crippen molar-refractivity contribution in [2.24, 2.45) is 0 Å². The highest BCUT2D eigenvalue weighted by Gasteiger charge is 2.09. The van der Waals surface area contributed by atoms with E-state index in [9.17, 15) is 5.26 Å². The Hall–Kier alpha value is -6.54. The number of rotatable bonds is 7. The molecule has 0 fully saturated rings. The van der Waals surface area contributed by atoms with Gasteiger partial charge in [0.25, 0.3) is 0 Å². The first-order valence-corrected chi connectivity index (χ1v) is 22.7. The summed E-state index contributed by atoms with van der Waals surface area (Å²) in [6.07, 6.45) is 6.25. The fraction of sp³-hybridized carbons (Fsp3) is 0.0833. The lowest BCUT2D eigenvalue weighted by atomic mass is 9.81. The predicted octanol–water partition coefficient (Wildman–Crippen LogP) is 10.0. The Kier molecular flexibility index (Phi) is 21.7. The van der Waals surface area contributed by atoms with E-state index in [1.165, 1.54) is 12.7 Å². The molecule has 8 rings (SSSR count). The number of halogens is 4. The molecule has 17 heteroatoms. The van der Waals surface area contributed by atoms with Crippen molar-refractivity contribution in [2.75, 3.05) is 0 Å². The zero-order chi connectivity index (χ0) is 47.0. The van der Waals surface area contributed by atoms with Crippen LogP contribution in [-0.4, -0.2) is 46.7 Å². The first-order valence-electron chi connectivity index (χ1n) is 19.2. The van der Waals surface area contributed by atoms with E-state index in [2.05, 4.69) is 120 Å². The van der Waals surface area contributed by atoms with Crippen molar-refractivity contribution in [1.82, 2.24) is 29.5 Å². The Labute approximate surface area is 411 Å². The normalized spacial score (nSPS) is 9.58. The molecule has 0 amide bonds. The molecule has 2 aromatic heterocycles. The van der Waals surface area contributed by atoms with Crippen LogP contribution in [0.5, 0.6) is 0 Å². The number of aromatic nitrogens is 6. The Bertz CT molecular complexity index is 2890. The average molecular weight is 1120 g/mol. The highest BCUT2D eigenvalue weighted by atomic mass is 79.9. The van der Waals surface area contributed by atoms with Gasteiger partial charge < -0.3 is 10.0 Å². The van der Waals surface area contributed by atoms with E-state index in [0.717, 1.165) is 63.3 Å². The van der Waals surface area contributed by atoms with E-state index in [1.54, 1.807) is 64.5 Å². The van der Waals surface area contributed by atoms with E-state index < -0.39 is 7.12 Å². The van der Waals surface area contributed by atoms with Crippen LogP contribution in [0.15, 0.2) is 172 Å². The number of benzene rings is 6. The Morgan fingerprint density at radius 3 is 1.38 bits per heavy atom. The summed E-state index contributed by atoms with van der Waals surface area (Å²) in [5.41, 5.74) is 9.45. The summed E-state index contributed by atoms with van der Waals surface area (Å²) >= 11 is 13.3. The summed E-state index contributed by atoms with van der Waals surface area (Å²) in [7, 11) is -1.34. The van der Waals surface area contributed by atoms with E-state index >= 15 is 0 Å². The Morgan fingerprint density at radius 1 is 0.523 bits per heavy atom. The van der Waals surface area contributed by atoms with Gasteiger partial charge >= 0.3 is 7.12 Å². The molecule has 2 heterocycles. The maximum absolute atomic E-state index is 9.21. The Morgan fingerprint density at radius 2 is 0.954 bits per heavy atom. The van der Waals surface area contributed by atoms with Gasteiger partial charge in [0.05, 0.1) is 59.6 Å². The van der Waals surface area contributed by atoms with Crippen LogP contribution in [0.3, 0.4) is 0 Å². The first-order chi connectivity index (χ1) is 31.5. The van der Waals surface area contributed by atoms with Crippen molar-refractivity contribution in [3.63, 3.8) is 0 Å². The zero-order valence-electron chi connectivity index (χ0n) is 34.6. The second-order valence-electron chi connectivity index (χ2n) is 13.4. The lowest BCUT2D eigenvalue weighted by molar-refractivity contribution is 0.426. The molecule has 0 atom stereocenters. The van der Waals surface area contributed by atoms with E-state index in [0.29, 0.717) is 29.7 Å². The standard InChI is InChI=1S/C16H12N4.C10H7BrN4.C8H5Br2N.C8H6BrN.C6H7BO2/c17-9-15-7-6-14(13-4-2-1-3-5-13)8-16(15)10-20-12-18-11-19-20;11-10-2-1-8(4-12)9(3-10)5-15-7-13-6-14-15;9-4-7-3-8(10)2-1-6(7)5-11;1-6-4-8(9)3-2-7(6)5-10;8-7(9)6-4-2-1-3-5-6/h1-8,11-12H,10H2;1-3,6-7H,5H2;1-3H,4H2;2-4H,1H3;1-5,8-9H. The molecule has 0 bridgehead atoms. The fourth-order valence-corrected chi connectivity index (χ4v) is 7.34. The number of alkyl halides is 1. The van der Waals surface area contributed by atoms with Gasteiger partial charge in [-0.2, -0.15) is 31.2 Å². The van der Waals surface area contributed by atoms with Gasteiger partial charge in [-0.05, 0) is 112 Å². The summed E-state index contributed by atoms with van der Waals surface area (Å²) in [5.74, 6) is 0. The molecule has 0 unspecified atom stereocenters. The fourth-order valence-electron chi connectivity index (χ4n) is 5.58. The van der Waals surface area contributed by atoms with Crippen LogP contribution >= 0.6 is 63.7 Å². The second kappa shape index (κ2) is 27.6. The van der Waals surface area contributed by atoms with Gasteiger partial charge in [-0.15, -0.1) is 0 Å². The monoisotopic (exact) mass is 1110 g/mol. The molecule has 0 aliphatic carbocycles. The summed E-state index contributed by atoms with van der Waals surface area (Å²) < 4.78 is 6.37. The van der Waals surface area contributed by atoms with Crippen LogP contribution in [0.1, 0.15) is 44.5 Å². The van der Waals surface area contributed by atoms with E-state index in [-0.39, 0.29) is 0 Å². The highest BCUT2D eigenvalue weighted by Crippen LogP contribution is 2.23. The molecule has 0 saturated heterocycles. The molecule has 0 saturated carbocycles. The summed E-state index contributed by atoms with van der Waals surface area (Å²) in [6.45, 7) is 3.02. The number of hydrogen-bond acceptors (Lipinski definition) is 10. The SMILES string of the molecule is Cc1cc(Br)ccc1C#N.N#Cc1ccc(-c2ccccc2)cc1Cn1cncn1.N#Cc1ccc(Br)cc1CBr.N#Cc1ccc(Br)cc1Cn1cncn1.OB(O)c1ccccc1. The largest absolute Gasteiger partial charge is 0.488 e. The minimum Gasteiger partial charge on any atom is -0.423 e. The smallest absolute Gasteiger partial charge is 0.423 e. The summed E-state index contributed by atoms with van der Waals surface area (Å²) in [5, 5.41) is 61.3. The molecule has 2 N–H and O–H groups in total. The second-order valence-corrected chi connectivity index (χ2v) is 16.7. The maximum atomic E-state index is 9.21. The lowest BCUT2D eigenvalue weighted by Gasteiger charge is -2.08. The third-order valence-electron chi connectivity index (χ3n) is 8.86. The van der Waals surface area contributed by atoms with Crippen LogP contribution < -0.4 is 5.46 Å². The van der Waals surface area contributed by atoms with Gasteiger partial charge in [-0.25, -0.2) is 19.3 Å². The molecule has 0 aliphatic heterocycles. The van der Waals surface area contributed by atoms with Crippen molar-refractivity contribution in [3.8, 4) is 35.4 Å². The van der Waals surface area contributed by atoms with Crippen molar-refractivity contribution in [2.45, 2.75) is 25.3 Å². The van der Waals surface area contributed by atoms with Gasteiger partial charge in [0, 0.05) is 18.7 Å². The van der Waals surface area contributed by atoms with E-state index in [1.807, 2.05) is 85.8 Å². The topological polar surface area (TPSA) is 197 Å². The molecule has 6 aromatic carbocycles. The van der Waals surface area contributed by atoms with Crippen LogP contribution in [-0.2, 0) is 18.4 Å². The lowest BCUT2D eigenvalue weighted by Crippen LogP contribution is -2.29. The molecule has 12 nitrogen and oxygen atoms in total. The third-order valence-corrected chi connectivity index (χ3v) is 10.9. The van der Waals surface area contributed by atoms with Crippen molar-refractivity contribution in [1.29, 1.82) is 21.0 Å². The zero-order valence-corrected chi connectivity index (χ0v) is 40.9. The number of nitriles is 4. The molecule has 322 valence electrons. The van der Waals surface area contributed by atoms with Crippen LogP contribution in [0, 0.1) is 52.2 Å². The average Bonchev–Trinajstić information content (AvgIpc) is 4.06. The van der Waals surface area contributed by atoms with Gasteiger partial charge in [-0.1, -0.05) is 130 Å². The molecular formula is C48H37BBr4N10O2. The molecule has 0 aliphatic rings. The van der Waals surface area contributed by atoms with Gasteiger partial charge in [0.2, 0.25) is 0 Å². The molecule has 8 aromatic rings. The van der Waals surface area contributed by atoms with Crippen LogP contribution in [0.4, 0.5) is 0 Å². The molecule has 0 spiro atoms. The summed E-state index contributed by atoms with van der Waals surface area (Å²) in [6, 6.07) is 50.0. The summed E-state index contributed by atoms with van der Waals surface area (Å²) in [4.78, 5) is 7.78. The minimum atomic E-state index is -1.34. The minimum absolute atomic E-state index is 0.525. The van der Waals surface area contributed by atoms with E-state index in [4.69, 9.17) is 25.8 Å². The first kappa shape index (κ1) is 51.1. The number of hydrogen-bond donors (Lipinski definition) is 2. The van der Waals surface area contributed by atoms with Gasteiger partial charge in [0.15, 0.2) is 0 Å². The highest BCUT2D eigenvalue weighted by molar-refractivity contribution is 9.11. The number of nitrogens with zero attached hydrogens (tertiary/aromatic N) is 10. The quantitative estimate of drug-likeness (QED) is 0.114.